The minimum atomic E-state index is -1.13. The van der Waals surface area contributed by atoms with E-state index in [4.69, 9.17) is 9.47 Å². The van der Waals surface area contributed by atoms with Gasteiger partial charge >= 0.3 is 18.1 Å². The van der Waals surface area contributed by atoms with Gasteiger partial charge in [-0.2, -0.15) is 0 Å². The van der Waals surface area contributed by atoms with Crippen molar-refractivity contribution in [3.05, 3.63) is 73.3 Å². The van der Waals surface area contributed by atoms with E-state index in [-0.39, 0.29) is 5.75 Å². The molecule has 0 N–H and O–H groups in total. The van der Waals surface area contributed by atoms with E-state index in [0.717, 1.165) is 17.2 Å². The Bertz CT molecular complexity index is 847. The normalized spacial score (nSPS) is 9.73. The number of benzene rings is 2. The van der Waals surface area contributed by atoms with Crippen molar-refractivity contribution in [2.75, 3.05) is 0 Å². The Morgan fingerprint density at radius 1 is 0.846 bits per heavy atom. The van der Waals surface area contributed by atoms with E-state index in [0.29, 0.717) is 11.3 Å². The Balaban J connectivity index is 2.02. The lowest BCUT2D eigenvalue weighted by Crippen LogP contribution is -2.14. The van der Waals surface area contributed by atoms with E-state index in [1.54, 1.807) is 55.5 Å². The summed E-state index contributed by atoms with van der Waals surface area (Å²) in [6, 6.07) is 13.5. The second-order valence-electron chi connectivity index (χ2n) is 5.20. The van der Waals surface area contributed by atoms with E-state index in [1.807, 2.05) is 0 Å². The zero-order valence-electron chi connectivity index (χ0n) is 14.1. The molecule has 6 heteroatoms. The van der Waals surface area contributed by atoms with Gasteiger partial charge in [0.2, 0.25) is 0 Å². The molecule has 2 rings (SSSR count). The maximum absolute atomic E-state index is 11.5. The number of carbonyl (C=O) groups is 3. The van der Waals surface area contributed by atoms with Gasteiger partial charge in [0.25, 0.3) is 0 Å². The van der Waals surface area contributed by atoms with Crippen molar-refractivity contribution in [3.8, 4) is 22.6 Å². The molecule has 26 heavy (non-hydrogen) atoms. The molecule has 0 saturated heterocycles. The van der Waals surface area contributed by atoms with E-state index >= 15 is 0 Å². The van der Waals surface area contributed by atoms with Gasteiger partial charge in [-0.1, -0.05) is 37.4 Å². The molecule has 0 fully saturated rings. The maximum Gasteiger partial charge on any atom is 0.521 e. The van der Waals surface area contributed by atoms with Crippen LogP contribution in [0.4, 0.5) is 4.79 Å². The Morgan fingerprint density at radius 3 is 1.73 bits per heavy atom. The van der Waals surface area contributed by atoms with Crippen LogP contribution in [0.15, 0.2) is 73.3 Å². The van der Waals surface area contributed by atoms with Crippen LogP contribution in [-0.2, 0) is 14.3 Å². The van der Waals surface area contributed by atoms with Crippen molar-refractivity contribution >= 4 is 18.1 Å². The summed E-state index contributed by atoms with van der Waals surface area (Å²) in [6.45, 7) is 8.28. The molecule has 0 saturated carbocycles. The fourth-order valence-electron chi connectivity index (χ4n) is 1.87. The van der Waals surface area contributed by atoms with Gasteiger partial charge in [-0.05, 0) is 42.3 Å². The first-order valence-corrected chi connectivity index (χ1v) is 7.53. The summed E-state index contributed by atoms with van der Waals surface area (Å²) < 4.78 is 14.3. The van der Waals surface area contributed by atoms with Crippen LogP contribution < -0.4 is 9.47 Å². The van der Waals surface area contributed by atoms with Crippen LogP contribution in [0, 0.1) is 0 Å². The second-order valence-corrected chi connectivity index (χ2v) is 5.20. The molecule has 132 valence electrons. The molecule has 0 aliphatic heterocycles. The standard InChI is InChI=1S/C20H16O6/c1-4-18(21)26-20(23)25-17-11-7-15(8-12-17)14-5-9-16(10-6-14)24-19(22)13(2)3/h4-12H,1-2H2,3H3. The van der Waals surface area contributed by atoms with Crippen molar-refractivity contribution in [2.45, 2.75) is 6.92 Å². The summed E-state index contributed by atoms with van der Waals surface area (Å²) >= 11 is 0. The topological polar surface area (TPSA) is 78.9 Å². The van der Waals surface area contributed by atoms with Gasteiger partial charge in [0.15, 0.2) is 0 Å². The van der Waals surface area contributed by atoms with Gasteiger partial charge in [0.05, 0.1) is 0 Å². The van der Waals surface area contributed by atoms with Gasteiger partial charge < -0.3 is 14.2 Å². The highest BCUT2D eigenvalue weighted by atomic mass is 16.7. The van der Waals surface area contributed by atoms with Gasteiger partial charge in [0.1, 0.15) is 11.5 Å². The van der Waals surface area contributed by atoms with Crippen molar-refractivity contribution in [3.63, 3.8) is 0 Å². The Kier molecular flexibility index (Phi) is 6.06. The smallest absolute Gasteiger partial charge is 0.423 e. The summed E-state index contributed by atoms with van der Waals surface area (Å²) in [5.41, 5.74) is 2.04. The average molecular weight is 352 g/mol. The van der Waals surface area contributed by atoms with Crippen LogP contribution in [0.25, 0.3) is 11.1 Å². The second kappa shape index (κ2) is 8.43. The average Bonchev–Trinajstić information content (AvgIpc) is 2.62. The summed E-state index contributed by atoms with van der Waals surface area (Å²) in [6.07, 6.45) is -0.270. The van der Waals surface area contributed by atoms with Crippen LogP contribution >= 0.6 is 0 Å². The molecule has 0 atom stereocenters. The molecule has 0 bridgehead atoms. The fourth-order valence-corrected chi connectivity index (χ4v) is 1.87. The first-order chi connectivity index (χ1) is 12.4. The molecule has 0 aromatic heterocycles. The highest BCUT2D eigenvalue weighted by Gasteiger charge is 2.10. The SMILES string of the molecule is C=CC(=O)OC(=O)Oc1ccc(-c2ccc(OC(=O)C(=C)C)cc2)cc1. The third kappa shape index (κ3) is 5.17. The number of esters is 2. The number of ether oxygens (including phenoxy) is 3. The molecule has 2 aromatic carbocycles. The lowest BCUT2D eigenvalue weighted by Gasteiger charge is -2.07. The first kappa shape index (κ1) is 18.7. The summed E-state index contributed by atoms with van der Waals surface area (Å²) in [4.78, 5) is 33.7. The molecule has 0 aliphatic carbocycles. The van der Waals surface area contributed by atoms with Crippen molar-refractivity contribution < 1.29 is 28.6 Å². The Labute approximate surface area is 150 Å². The maximum atomic E-state index is 11.5. The molecule has 0 heterocycles. The van der Waals surface area contributed by atoms with Gasteiger partial charge in [0, 0.05) is 11.6 Å². The predicted octanol–water partition coefficient (Wildman–Crippen LogP) is 4.06. The van der Waals surface area contributed by atoms with E-state index in [9.17, 15) is 14.4 Å². The lowest BCUT2D eigenvalue weighted by atomic mass is 10.1. The zero-order valence-corrected chi connectivity index (χ0v) is 14.1. The summed E-state index contributed by atoms with van der Waals surface area (Å²) in [7, 11) is 0. The van der Waals surface area contributed by atoms with Crippen LogP contribution in [-0.4, -0.2) is 18.1 Å². The highest BCUT2D eigenvalue weighted by molar-refractivity contribution is 5.90. The molecule has 0 radical (unpaired) electrons. The van der Waals surface area contributed by atoms with Gasteiger partial charge in [-0.15, -0.1) is 0 Å². The quantitative estimate of drug-likeness (QED) is 0.265. The monoisotopic (exact) mass is 352 g/mol. The molecule has 6 nitrogen and oxygen atoms in total. The molecule has 0 aliphatic rings. The molecule has 0 spiro atoms. The predicted molar refractivity (Wildman–Crippen MR) is 94.6 cm³/mol. The zero-order chi connectivity index (χ0) is 19.1. The van der Waals surface area contributed by atoms with Crippen LogP contribution in [0.2, 0.25) is 0 Å². The van der Waals surface area contributed by atoms with E-state index in [1.165, 1.54) is 0 Å². The van der Waals surface area contributed by atoms with Crippen LogP contribution in [0.5, 0.6) is 11.5 Å². The lowest BCUT2D eigenvalue weighted by molar-refractivity contribution is -0.133. The van der Waals surface area contributed by atoms with Crippen LogP contribution in [0.1, 0.15) is 6.92 Å². The largest absolute Gasteiger partial charge is 0.521 e. The summed E-state index contributed by atoms with van der Waals surface area (Å²) in [5.74, 6) is -0.737. The number of hydrogen-bond donors (Lipinski definition) is 0. The van der Waals surface area contributed by atoms with Gasteiger partial charge in [-0.3, -0.25) is 0 Å². The number of carbonyl (C=O) groups excluding carboxylic acids is 3. The Hall–Kier alpha value is -3.67. The first-order valence-electron chi connectivity index (χ1n) is 7.53. The third-order valence-electron chi connectivity index (χ3n) is 3.15. The van der Waals surface area contributed by atoms with E-state index < -0.39 is 18.1 Å². The van der Waals surface area contributed by atoms with Crippen molar-refractivity contribution in [1.82, 2.24) is 0 Å². The molecule has 2 aromatic rings. The fraction of sp³-hybridized carbons (Fsp3) is 0.0500. The van der Waals surface area contributed by atoms with E-state index in [2.05, 4.69) is 17.9 Å². The van der Waals surface area contributed by atoms with Crippen molar-refractivity contribution in [2.24, 2.45) is 0 Å². The number of rotatable bonds is 5. The number of hydrogen-bond acceptors (Lipinski definition) is 6. The molecular formula is C20H16O6. The molecule has 0 amide bonds. The minimum Gasteiger partial charge on any atom is -0.423 e. The highest BCUT2D eigenvalue weighted by Crippen LogP contribution is 2.25. The van der Waals surface area contributed by atoms with Crippen molar-refractivity contribution in [1.29, 1.82) is 0 Å². The Morgan fingerprint density at radius 2 is 1.31 bits per heavy atom. The minimum absolute atomic E-state index is 0.225. The molecular weight excluding hydrogens is 336 g/mol. The van der Waals surface area contributed by atoms with Gasteiger partial charge in [-0.25, -0.2) is 14.4 Å². The van der Waals surface area contributed by atoms with Crippen LogP contribution in [0.3, 0.4) is 0 Å². The summed E-state index contributed by atoms with van der Waals surface area (Å²) in [5, 5.41) is 0. The molecule has 0 unspecified atom stereocenters. The third-order valence-corrected chi connectivity index (χ3v) is 3.15.